The zero-order chi connectivity index (χ0) is 19.8. The van der Waals surface area contributed by atoms with Gasteiger partial charge in [0.05, 0.1) is 4.75 Å². The Hall–Kier alpha value is -2.75. The SMILES string of the molecule is CC1(C)S[C@@H]2[C@H](NC=O)C(=O)N2[C@@]1(NC(=O)COc1ccccc1)C(=O)O. The Labute approximate surface area is 159 Å². The minimum Gasteiger partial charge on any atom is -0.484 e. The number of nitrogens with one attached hydrogen (secondary N) is 2. The number of carboxylic acids is 1. The van der Waals surface area contributed by atoms with Crippen molar-refractivity contribution in [2.24, 2.45) is 0 Å². The van der Waals surface area contributed by atoms with Crippen LogP contribution >= 0.6 is 11.8 Å². The molecular weight excluding hydrogens is 374 g/mol. The fourth-order valence-electron chi connectivity index (χ4n) is 3.37. The molecule has 9 nitrogen and oxygen atoms in total. The lowest BCUT2D eigenvalue weighted by Gasteiger charge is -2.49. The predicted octanol–water partition coefficient (Wildman–Crippen LogP) is -0.229. The summed E-state index contributed by atoms with van der Waals surface area (Å²) in [5.41, 5.74) is -1.95. The van der Waals surface area contributed by atoms with Gasteiger partial charge in [-0.25, -0.2) is 4.79 Å². The van der Waals surface area contributed by atoms with Crippen molar-refractivity contribution in [1.82, 2.24) is 15.5 Å². The summed E-state index contributed by atoms with van der Waals surface area (Å²) in [7, 11) is 0. The smallest absolute Gasteiger partial charge is 0.352 e. The molecular formula is C17H19N3O6S. The monoisotopic (exact) mass is 393 g/mol. The number of amides is 3. The molecule has 1 aromatic carbocycles. The number of hydrogen-bond acceptors (Lipinski definition) is 6. The van der Waals surface area contributed by atoms with E-state index in [2.05, 4.69) is 10.6 Å². The van der Waals surface area contributed by atoms with Gasteiger partial charge in [0.2, 0.25) is 12.1 Å². The highest BCUT2D eigenvalue weighted by atomic mass is 32.2. The Kier molecular flexibility index (Phi) is 4.77. The second kappa shape index (κ2) is 6.76. The fourth-order valence-corrected chi connectivity index (χ4v) is 5.08. The van der Waals surface area contributed by atoms with Gasteiger partial charge in [0.1, 0.15) is 17.2 Å². The number of carbonyl (C=O) groups excluding carboxylic acids is 3. The van der Waals surface area contributed by atoms with E-state index in [9.17, 15) is 24.3 Å². The van der Waals surface area contributed by atoms with Crippen molar-refractivity contribution in [1.29, 1.82) is 0 Å². The Balaban J connectivity index is 1.80. The summed E-state index contributed by atoms with van der Waals surface area (Å²) in [6.45, 7) is 2.86. The number of nitrogens with zero attached hydrogens (tertiary/aromatic N) is 1. The second-order valence-corrected chi connectivity index (χ2v) is 8.39. The Morgan fingerprint density at radius 2 is 2.00 bits per heavy atom. The summed E-state index contributed by atoms with van der Waals surface area (Å²) in [5.74, 6) is -2.12. The summed E-state index contributed by atoms with van der Waals surface area (Å²) >= 11 is 1.21. The van der Waals surface area contributed by atoms with Crippen molar-refractivity contribution < 1.29 is 29.0 Å². The van der Waals surface area contributed by atoms with Crippen LogP contribution in [0.15, 0.2) is 30.3 Å². The summed E-state index contributed by atoms with van der Waals surface area (Å²) in [6, 6.07) is 7.80. The summed E-state index contributed by atoms with van der Waals surface area (Å²) in [5, 5.41) is 14.2. The molecule has 27 heavy (non-hydrogen) atoms. The molecule has 1 aromatic rings. The first kappa shape index (κ1) is 19.0. The number of carboxylic acid groups (broad SMARTS) is 1. The van der Waals surface area contributed by atoms with E-state index in [0.717, 1.165) is 4.90 Å². The van der Waals surface area contributed by atoms with Gasteiger partial charge >= 0.3 is 5.97 Å². The number of ether oxygens (including phenoxy) is 1. The molecule has 3 rings (SSSR count). The van der Waals surface area contributed by atoms with E-state index in [-0.39, 0.29) is 0 Å². The minimum absolute atomic E-state index is 0.400. The maximum absolute atomic E-state index is 12.4. The molecule has 2 fully saturated rings. The molecule has 2 saturated heterocycles. The topological polar surface area (TPSA) is 125 Å². The van der Waals surface area contributed by atoms with Crippen molar-refractivity contribution in [3.05, 3.63) is 30.3 Å². The van der Waals surface area contributed by atoms with E-state index in [1.54, 1.807) is 44.2 Å². The quantitative estimate of drug-likeness (QED) is 0.432. The lowest BCUT2D eigenvalue weighted by Crippen LogP contribution is -2.80. The van der Waals surface area contributed by atoms with Crippen LogP contribution in [0, 0.1) is 0 Å². The number of aliphatic carboxylic acids is 1. The van der Waals surface area contributed by atoms with Crippen molar-refractivity contribution in [3.63, 3.8) is 0 Å². The summed E-state index contributed by atoms with van der Waals surface area (Å²) in [6.07, 6.45) is 0.403. The standard InChI is InChI=1S/C17H19N3O6S/c1-16(2)17(15(24)25,20-13(23)12(18-9-21)14(20)27-16)19-11(22)8-26-10-6-4-3-5-7-10/h3-7,9,12,14H,8H2,1-2H3,(H,18,21)(H,19,22)(H,24,25)/t12-,14-,17+/m1/s1. The van der Waals surface area contributed by atoms with Crippen LogP contribution in [0.4, 0.5) is 0 Å². The van der Waals surface area contributed by atoms with E-state index in [1.165, 1.54) is 11.8 Å². The van der Waals surface area contributed by atoms with Crippen LogP contribution in [0.25, 0.3) is 0 Å². The molecule has 10 heteroatoms. The van der Waals surface area contributed by atoms with Crippen molar-refractivity contribution in [2.75, 3.05) is 6.61 Å². The van der Waals surface area contributed by atoms with Gasteiger partial charge in [0.25, 0.3) is 11.8 Å². The van der Waals surface area contributed by atoms with Gasteiger partial charge in [-0.3, -0.25) is 19.3 Å². The van der Waals surface area contributed by atoms with Crippen LogP contribution in [-0.2, 0) is 19.2 Å². The third-order valence-electron chi connectivity index (χ3n) is 4.68. The fraction of sp³-hybridized carbons (Fsp3) is 0.412. The largest absolute Gasteiger partial charge is 0.484 e. The zero-order valence-corrected chi connectivity index (χ0v) is 15.5. The van der Waals surface area contributed by atoms with Crippen LogP contribution in [0.5, 0.6) is 5.75 Å². The molecule has 0 unspecified atom stereocenters. The van der Waals surface area contributed by atoms with E-state index in [4.69, 9.17) is 4.74 Å². The van der Waals surface area contributed by atoms with E-state index in [1.807, 2.05) is 0 Å². The third-order valence-corrected chi connectivity index (χ3v) is 6.29. The number of hydrogen-bond donors (Lipinski definition) is 3. The third kappa shape index (κ3) is 2.89. The molecule has 0 aromatic heterocycles. The first-order chi connectivity index (χ1) is 12.7. The maximum atomic E-state index is 12.4. The number of rotatable bonds is 7. The van der Waals surface area contributed by atoms with Crippen LogP contribution in [0.2, 0.25) is 0 Å². The predicted molar refractivity (Wildman–Crippen MR) is 95.7 cm³/mol. The normalized spacial score (nSPS) is 27.9. The lowest BCUT2D eigenvalue weighted by molar-refractivity contribution is -0.176. The van der Waals surface area contributed by atoms with Crippen molar-refractivity contribution in [3.8, 4) is 5.75 Å². The summed E-state index contributed by atoms with van der Waals surface area (Å²) < 4.78 is 4.32. The molecule has 0 bridgehead atoms. The molecule has 0 aliphatic carbocycles. The minimum atomic E-state index is -1.95. The highest BCUT2D eigenvalue weighted by molar-refractivity contribution is 8.01. The highest BCUT2D eigenvalue weighted by Crippen LogP contribution is 2.55. The molecule has 2 aliphatic rings. The number of β-lactam (4-membered cyclic amide) rings is 1. The van der Waals surface area contributed by atoms with E-state index in [0.29, 0.717) is 12.2 Å². The van der Waals surface area contributed by atoms with E-state index >= 15 is 0 Å². The Morgan fingerprint density at radius 1 is 1.33 bits per heavy atom. The maximum Gasteiger partial charge on any atom is 0.352 e. The Morgan fingerprint density at radius 3 is 2.59 bits per heavy atom. The number of benzene rings is 1. The second-order valence-electron chi connectivity index (χ2n) is 6.65. The van der Waals surface area contributed by atoms with Gasteiger partial charge in [0.15, 0.2) is 6.61 Å². The molecule has 0 saturated carbocycles. The first-order valence-corrected chi connectivity index (χ1v) is 9.05. The Bertz CT molecular complexity index is 786. The van der Waals surface area contributed by atoms with Crippen molar-refractivity contribution >= 4 is 36.0 Å². The van der Waals surface area contributed by atoms with E-state index < -0.39 is 46.2 Å². The zero-order valence-electron chi connectivity index (χ0n) is 14.7. The highest BCUT2D eigenvalue weighted by Gasteiger charge is 2.73. The van der Waals surface area contributed by atoms with Crippen LogP contribution in [0.1, 0.15) is 13.8 Å². The van der Waals surface area contributed by atoms with Gasteiger partial charge in [-0.15, -0.1) is 11.8 Å². The average molecular weight is 393 g/mol. The number of thioether (sulfide) groups is 1. The van der Waals surface area contributed by atoms with Gasteiger partial charge in [-0.1, -0.05) is 18.2 Å². The number of carbonyl (C=O) groups is 4. The van der Waals surface area contributed by atoms with Crippen molar-refractivity contribution in [2.45, 2.75) is 35.7 Å². The molecule has 2 aliphatic heterocycles. The molecule has 3 N–H and O–H groups in total. The number of para-hydroxylation sites is 1. The molecule has 144 valence electrons. The molecule has 3 atom stereocenters. The molecule has 2 heterocycles. The first-order valence-electron chi connectivity index (χ1n) is 8.17. The van der Waals surface area contributed by atoms with Gasteiger partial charge in [-0.2, -0.15) is 0 Å². The van der Waals surface area contributed by atoms with Gasteiger partial charge in [-0.05, 0) is 26.0 Å². The van der Waals surface area contributed by atoms with Crippen LogP contribution < -0.4 is 15.4 Å². The number of fused-ring (bicyclic) bond motifs is 1. The van der Waals surface area contributed by atoms with Gasteiger partial charge in [0, 0.05) is 0 Å². The molecule has 3 amide bonds. The average Bonchev–Trinajstić information content (AvgIpc) is 2.84. The van der Waals surface area contributed by atoms with Crippen LogP contribution in [-0.4, -0.2) is 62.6 Å². The molecule has 0 radical (unpaired) electrons. The lowest BCUT2D eigenvalue weighted by atomic mass is 9.88. The van der Waals surface area contributed by atoms with Gasteiger partial charge < -0.3 is 20.5 Å². The van der Waals surface area contributed by atoms with Crippen LogP contribution in [0.3, 0.4) is 0 Å². The summed E-state index contributed by atoms with van der Waals surface area (Å²) in [4.78, 5) is 48.9. The molecule has 0 spiro atoms.